The third kappa shape index (κ3) is 18.2. The normalized spacial score (nSPS) is 13.3. The summed E-state index contributed by atoms with van der Waals surface area (Å²) in [6, 6.07) is 8.70. The molecule has 2 rings (SSSR count). The standard InChI is InChI=1S/C18H20O2.C15H24O.2C2H6/c1-3-5-15-8-10-17(11-9-15)16-6-4-7-18(13-12-16)20-14(2)19;1-6-12(3)11-15(7-2)13(4)9-8-10-14(5)16;2*1-2/h4,7-13H,3,5-6H2,1-2H3;6-7,11,13H,1,8-10H2,2-5H3;2*1-2H3/b;12-11-,15-7+;;. The minimum atomic E-state index is -0.290. The molecule has 0 saturated carbocycles. The topological polar surface area (TPSA) is 43.4 Å². The SMILES string of the molecule is C=C/C(C)=C\C(=C/C)C(C)CCCC(C)=O.CC.CC.CCCc1ccc(C2=CC=C(OC(C)=O)C=CC2)cc1. The Bertz CT molecular complexity index is 1010. The third-order valence-corrected chi connectivity index (χ3v) is 5.98. The summed E-state index contributed by atoms with van der Waals surface area (Å²) >= 11 is 0. The van der Waals surface area contributed by atoms with E-state index < -0.39 is 0 Å². The molecule has 0 bridgehead atoms. The van der Waals surface area contributed by atoms with Crippen LogP contribution < -0.4 is 0 Å². The molecule has 1 aliphatic carbocycles. The maximum absolute atomic E-state index is 11.0. The summed E-state index contributed by atoms with van der Waals surface area (Å²) in [5.74, 6) is 1.10. The number of aryl methyl sites for hydroxylation is 1. The molecule has 1 aromatic rings. The molecule has 1 aromatic carbocycles. The number of benzene rings is 1. The van der Waals surface area contributed by atoms with E-state index in [4.69, 9.17) is 4.74 Å². The smallest absolute Gasteiger partial charge is 0.308 e. The van der Waals surface area contributed by atoms with Crippen molar-refractivity contribution in [2.45, 2.75) is 108 Å². The van der Waals surface area contributed by atoms with Gasteiger partial charge in [0.1, 0.15) is 11.5 Å². The Hall–Kier alpha value is -3.20. The molecule has 1 unspecified atom stereocenters. The van der Waals surface area contributed by atoms with Crippen LogP contribution in [-0.4, -0.2) is 11.8 Å². The molecule has 0 saturated heterocycles. The molecule has 0 fully saturated rings. The van der Waals surface area contributed by atoms with Gasteiger partial charge in [-0.2, -0.15) is 0 Å². The fourth-order valence-corrected chi connectivity index (χ4v) is 3.89. The van der Waals surface area contributed by atoms with Crippen LogP contribution in [0.2, 0.25) is 0 Å². The lowest BCUT2D eigenvalue weighted by Gasteiger charge is -2.12. The highest BCUT2D eigenvalue weighted by atomic mass is 16.5. The first-order chi connectivity index (χ1) is 19.2. The van der Waals surface area contributed by atoms with Crippen molar-refractivity contribution < 1.29 is 14.3 Å². The Morgan fingerprint density at radius 1 is 1.02 bits per heavy atom. The minimum Gasteiger partial charge on any atom is -0.427 e. The van der Waals surface area contributed by atoms with Gasteiger partial charge in [0.25, 0.3) is 0 Å². The van der Waals surface area contributed by atoms with Crippen molar-refractivity contribution >= 4 is 17.3 Å². The van der Waals surface area contributed by atoms with Crippen LogP contribution in [-0.2, 0) is 20.7 Å². The van der Waals surface area contributed by atoms with E-state index in [0.29, 0.717) is 18.1 Å². The number of esters is 1. The molecule has 0 aliphatic heterocycles. The summed E-state index contributed by atoms with van der Waals surface area (Å²) in [4.78, 5) is 21.8. The summed E-state index contributed by atoms with van der Waals surface area (Å²) in [7, 11) is 0. The Labute approximate surface area is 246 Å². The monoisotopic (exact) mass is 548 g/mol. The van der Waals surface area contributed by atoms with Crippen molar-refractivity contribution in [1.82, 2.24) is 0 Å². The van der Waals surface area contributed by atoms with Gasteiger partial charge < -0.3 is 9.53 Å². The quantitative estimate of drug-likeness (QED) is 0.204. The lowest BCUT2D eigenvalue weighted by Crippen LogP contribution is -2.00. The van der Waals surface area contributed by atoms with Crippen LogP contribution >= 0.6 is 0 Å². The van der Waals surface area contributed by atoms with E-state index in [-0.39, 0.29) is 11.8 Å². The summed E-state index contributed by atoms with van der Waals surface area (Å²) in [5, 5.41) is 0. The van der Waals surface area contributed by atoms with Crippen LogP contribution in [0.5, 0.6) is 0 Å². The Balaban J connectivity index is 0. The molecule has 0 radical (unpaired) electrons. The zero-order chi connectivity index (χ0) is 30.9. The lowest BCUT2D eigenvalue weighted by molar-refractivity contribution is -0.136. The summed E-state index contributed by atoms with van der Waals surface area (Å²) < 4.78 is 5.10. The van der Waals surface area contributed by atoms with Gasteiger partial charge >= 0.3 is 5.97 Å². The highest BCUT2D eigenvalue weighted by molar-refractivity contribution is 5.75. The van der Waals surface area contributed by atoms with E-state index in [1.165, 1.54) is 41.2 Å². The predicted molar refractivity (Wildman–Crippen MR) is 176 cm³/mol. The second-order valence-electron chi connectivity index (χ2n) is 9.28. The van der Waals surface area contributed by atoms with Gasteiger partial charge in [0.15, 0.2) is 0 Å². The molecule has 3 nitrogen and oxygen atoms in total. The van der Waals surface area contributed by atoms with E-state index in [1.54, 1.807) is 6.92 Å². The van der Waals surface area contributed by atoms with Crippen molar-refractivity contribution in [2.24, 2.45) is 5.92 Å². The van der Waals surface area contributed by atoms with E-state index in [0.717, 1.165) is 25.7 Å². The fourth-order valence-electron chi connectivity index (χ4n) is 3.89. The fraction of sp³-hybridized carbons (Fsp3) is 0.459. The number of allylic oxidation sites excluding steroid dienone is 10. The van der Waals surface area contributed by atoms with E-state index in [1.807, 2.05) is 58.1 Å². The number of carbonyl (C=O) groups excluding carboxylic acids is 2. The maximum Gasteiger partial charge on any atom is 0.308 e. The van der Waals surface area contributed by atoms with Gasteiger partial charge in [-0.05, 0) is 86.8 Å². The predicted octanol–water partition coefficient (Wildman–Crippen LogP) is 10.9. The van der Waals surface area contributed by atoms with Crippen molar-refractivity contribution in [2.75, 3.05) is 0 Å². The number of ketones is 1. The maximum atomic E-state index is 11.0. The summed E-state index contributed by atoms with van der Waals surface area (Å²) in [6.07, 6.45) is 19.8. The Kier molecular flexibility index (Phi) is 24.2. The lowest BCUT2D eigenvalue weighted by atomic mass is 9.93. The van der Waals surface area contributed by atoms with E-state index in [2.05, 4.69) is 70.7 Å². The van der Waals surface area contributed by atoms with Gasteiger partial charge in [0, 0.05) is 13.3 Å². The average Bonchev–Trinajstić information content (AvgIpc) is 3.19. The van der Waals surface area contributed by atoms with Gasteiger partial charge in [-0.1, -0.05) is 115 Å². The van der Waals surface area contributed by atoms with Crippen molar-refractivity contribution in [3.63, 3.8) is 0 Å². The molecule has 222 valence electrons. The molecular weight excluding hydrogens is 492 g/mol. The van der Waals surface area contributed by atoms with Crippen molar-refractivity contribution in [3.8, 4) is 0 Å². The number of hydrogen-bond donors (Lipinski definition) is 0. The largest absolute Gasteiger partial charge is 0.427 e. The van der Waals surface area contributed by atoms with E-state index >= 15 is 0 Å². The van der Waals surface area contributed by atoms with Gasteiger partial charge in [-0.25, -0.2) is 0 Å². The van der Waals surface area contributed by atoms with Crippen LogP contribution in [0, 0.1) is 5.92 Å². The van der Waals surface area contributed by atoms with Crippen LogP contribution in [0.3, 0.4) is 0 Å². The van der Waals surface area contributed by atoms with Gasteiger partial charge in [0.2, 0.25) is 0 Å². The minimum absolute atomic E-state index is 0.284. The first kappa shape index (κ1) is 38.9. The third-order valence-electron chi connectivity index (χ3n) is 5.98. The van der Waals surface area contributed by atoms with Gasteiger partial charge in [0.05, 0.1) is 0 Å². The van der Waals surface area contributed by atoms with E-state index in [9.17, 15) is 9.59 Å². The summed E-state index contributed by atoms with van der Waals surface area (Å²) in [6.45, 7) is 23.3. The van der Waals surface area contributed by atoms with Gasteiger partial charge in [-0.15, -0.1) is 0 Å². The molecule has 40 heavy (non-hydrogen) atoms. The van der Waals surface area contributed by atoms with Crippen LogP contribution in [0.4, 0.5) is 0 Å². The number of carbonyl (C=O) groups is 2. The number of hydrogen-bond acceptors (Lipinski definition) is 3. The van der Waals surface area contributed by atoms with Crippen molar-refractivity contribution in [3.05, 3.63) is 101 Å². The molecule has 0 N–H and O–H groups in total. The van der Waals surface area contributed by atoms with Crippen molar-refractivity contribution in [1.29, 1.82) is 0 Å². The number of ether oxygens (including phenoxy) is 1. The molecule has 1 aliphatic rings. The first-order valence-electron chi connectivity index (χ1n) is 15.0. The molecule has 1 atom stereocenters. The van der Waals surface area contributed by atoms with Crippen LogP contribution in [0.25, 0.3) is 5.57 Å². The highest BCUT2D eigenvalue weighted by Gasteiger charge is 2.07. The molecular formula is C37H56O3. The second-order valence-corrected chi connectivity index (χ2v) is 9.28. The Morgan fingerprint density at radius 2 is 1.65 bits per heavy atom. The summed E-state index contributed by atoms with van der Waals surface area (Å²) in [5.41, 5.74) is 6.34. The zero-order valence-corrected chi connectivity index (χ0v) is 27.1. The zero-order valence-electron chi connectivity index (χ0n) is 27.1. The molecule has 0 heterocycles. The molecule has 0 aromatic heterocycles. The average molecular weight is 549 g/mol. The van der Waals surface area contributed by atoms with Crippen LogP contribution in [0.15, 0.2) is 90.3 Å². The van der Waals surface area contributed by atoms with Gasteiger partial charge in [-0.3, -0.25) is 4.79 Å². The number of Topliss-reactive ketones (excluding diaryl/α,β-unsaturated/α-hetero) is 1. The molecule has 3 heteroatoms. The molecule has 0 spiro atoms. The first-order valence-corrected chi connectivity index (χ1v) is 15.0. The highest BCUT2D eigenvalue weighted by Crippen LogP contribution is 2.23. The van der Waals surface area contributed by atoms with Crippen LogP contribution in [0.1, 0.15) is 112 Å². The Morgan fingerprint density at radius 3 is 2.15 bits per heavy atom. The molecule has 0 amide bonds. The number of rotatable bonds is 11. The second kappa shape index (κ2) is 24.8.